The van der Waals surface area contributed by atoms with E-state index >= 15 is 0 Å². The van der Waals surface area contributed by atoms with Crippen LogP contribution in [0.15, 0.2) is 0 Å². The first-order chi connectivity index (χ1) is 10.7. The Hall–Kier alpha value is -0.610. The molecule has 22 heavy (non-hydrogen) atoms. The summed E-state index contributed by atoms with van der Waals surface area (Å²) in [5.74, 6) is 1.61. The van der Waals surface area contributed by atoms with E-state index in [9.17, 15) is 4.79 Å². The molecule has 3 aliphatic rings. The third-order valence-electron chi connectivity index (χ3n) is 5.88. The molecule has 2 N–H and O–H groups in total. The van der Waals surface area contributed by atoms with Crippen LogP contribution < -0.4 is 10.6 Å². The first kappa shape index (κ1) is 16.3. The third-order valence-corrected chi connectivity index (χ3v) is 5.88. The number of carbonyl (C=O) groups excluding carboxylic acids is 1. The first-order valence-corrected chi connectivity index (χ1v) is 9.48. The molecule has 126 valence electrons. The molecule has 0 aromatic carbocycles. The molecule has 3 saturated heterocycles. The van der Waals surface area contributed by atoms with Gasteiger partial charge in [0.05, 0.1) is 0 Å². The van der Waals surface area contributed by atoms with Crippen LogP contribution in [0.4, 0.5) is 0 Å². The number of piperidine rings is 2. The molecule has 1 amide bonds. The highest BCUT2D eigenvalue weighted by Gasteiger charge is 2.34. The topological polar surface area (TPSA) is 44.4 Å². The molecule has 4 nitrogen and oxygen atoms in total. The monoisotopic (exact) mass is 307 g/mol. The van der Waals surface area contributed by atoms with Crippen LogP contribution in [0.2, 0.25) is 0 Å². The van der Waals surface area contributed by atoms with Crippen molar-refractivity contribution in [1.82, 2.24) is 15.5 Å². The fourth-order valence-corrected chi connectivity index (χ4v) is 4.66. The lowest BCUT2D eigenvalue weighted by Crippen LogP contribution is -2.41. The van der Waals surface area contributed by atoms with Gasteiger partial charge >= 0.3 is 0 Å². The maximum absolute atomic E-state index is 12.2. The summed E-state index contributed by atoms with van der Waals surface area (Å²) in [6, 6.07) is 1.39. The van der Waals surface area contributed by atoms with E-state index in [1.807, 2.05) is 0 Å². The Kier molecular flexibility index (Phi) is 5.75. The standard InChI is InChI=1S/C18H33N3O/c1-2-7-21-8-5-14(6-9-21)13-19-18(22)12-15-10-16-3-4-17(11-15)20-16/h14-17,20H,2-13H2,1H3,(H,19,22). The molecular formula is C18H33N3O. The second-order valence-electron chi connectivity index (χ2n) is 7.77. The summed E-state index contributed by atoms with van der Waals surface area (Å²) >= 11 is 0. The predicted molar refractivity (Wildman–Crippen MR) is 89.8 cm³/mol. The summed E-state index contributed by atoms with van der Waals surface area (Å²) < 4.78 is 0. The van der Waals surface area contributed by atoms with Gasteiger partial charge in [-0.15, -0.1) is 0 Å². The number of rotatable bonds is 6. The van der Waals surface area contributed by atoms with Crippen LogP contribution in [-0.2, 0) is 4.79 Å². The summed E-state index contributed by atoms with van der Waals surface area (Å²) in [7, 11) is 0. The predicted octanol–water partition coefficient (Wildman–Crippen LogP) is 2.15. The van der Waals surface area contributed by atoms with Crippen LogP contribution in [0.5, 0.6) is 0 Å². The third kappa shape index (κ3) is 4.45. The molecule has 4 heteroatoms. The fourth-order valence-electron chi connectivity index (χ4n) is 4.66. The van der Waals surface area contributed by atoms with Crippen molar-refractivity contribution in [2.24, 2.45) is 11.8 Å². The summed E-state index contributed by atoms with van der Waals surface area (Å²) in [6.45, 7) is 6.81. The lowest BCUT2D eigenvalue weighted by atomic mass is 9.89. The maximum atomic E-state index is 12.2. The Morgan fingerprint density at radius 1 is 1.09 bits per heavy atom. The van der Waals surface area contributed by atoms with Crippen molar-refractivity contribution >= 4 is 5.91 Å². The second-order valence-corrected chi connectivity index (χ2v) is 7.77. The van der Waals surface area contributed by atoms with Gasteiger partial charge in [-0.1, -0.05) is 6.92 Å². The molecule has 3 rings (SSSR count). The van der Waals surface area contributed by atoms with Crippen molar-refractivity contribution in [1.29, 1.82) is 0 Å². The van der Waals surface area contributed by atoms with Crippen LogP contribution in [0.25, 0.3) is 0 Å². The Labute approximate surface area is 135 Å². The molecule has 3 heterocycles. The molecule has 0 aromatic rings. The highest BCUT2D eigenvalue weighted by Crippen LogP contribution is 2.32. The zero-order valence-corrected chi connectivity index (χ0v) is 14.2. The minimum Gasteiger partial charge on any atom is -0.356 e. The van der Waals surface area contributed by atoms with Gasteiger partial charge in [0, 0.05) is 25.0 Å². The maximum Gasteiger partial charge on any atom is 0.220 e. The SMILES string of the molecule is CCCN1CCC(CNC(=O)CC2CC3CCC(C2)N3)CC1. The molecular weight excluding hydrogens is 274 g/mol. The van der Waals surface area contributed by atoms with Gasteiger partial charge in [-0.2, -0.15) is 0 Å². The normalized spacial score (nSPS) is 33.0. The van der Waals surface area contributed by atoms with Crippen LogP contribution in [-0.4, -0.2) is 49.1 Å². The van der Waals surface area contributed by atoms with Crippen molar-refractivity contribution in [3.63, 3.8) is 0 Å². The minimum atomic E-state index is 0.294. The zero-order chi connectivity index (χ0) is 15.4. The van der Waals surface area contributed by atoms with Gasteiger partial charge in [-0.05, 0) is 76.4 Å². The molecule has 3 aliphatic heterocycles. The van der Waals surface area contributed by atoms with E-state index < -0.39 is 0 Å². The summed E-state index contributed by atoms with van der Waals surface area (Å²) in [5.41, 5.74) is 0. The molecule has 0 aliphatic carbocycles. The lowest BCUT2D eigenvalue weighted by molar-refractivity contribution is -0.122. The van der Waals surface area contributed by atoms with Gasteiger partial charge in [0.15, 0.2) is 0 Å². The van der Waals surface area contributed by atoms with E-state index in [1.54, 1.807) is 0 Å². The van der Waals surface area contributed by atoms with E-state index in [2.05, 4.69) is 22.5 Å². The highest BCUT2D eigenvalue weighted by molar-refractivity contribution is 5.76. The Morgan fingerprint density at radius 3 is 2.41 bits per heavy atom. The van der Waals surface area contributed by atoms with E-state index in [0.717, 1.165) is 13.0 Å². The number of hydrogen-bond donors (Lipinski definition) is 2. The lowest BCUT2D eigenvalue weighted by Gasteiger charge is -2.32. The number of likely N-dealkylation sites (tertiary alicyclic amines) is 1. The first-order valence-electron chi connectivity index (χ1n) is 9.48. The van der Waals surface area contributed by atoms with Crippen LogP contribution in [0.3, 0.4) is 0 Å². The van der Waals surface area contributed by atoms with Gasteiger partial charge < -0.3 is 15.5 Å². The zero-order valence-electron chi connectivity index (χ0n) is 14.2. The molecule has 0 aromatic heterocycles. The number of nitrogens with one attached hydrogen (secondary N) is 2. The van der Waals surface area contributed by atoms with E-state index in [0.29, 0.717) is 29.8 Å². The minimum absolute atomic E-state index is 0.294. The van der Waals surface area contributed by atoms with E-state index in [-0.39, 0.29) is 0 Å². The van der Waals surface area contributed by atoms with Gasteiger partial charge in [0.2, 0.25) is 5.91 Å². The quantitative estimate of drug-likeness (QED) is 0.790. The van der Waals surface area contributed by atoms with Crippen LogP contribution in [0.1, 0.15) is 58.3 Å². The second kappa shape index (κ2) is 7.78. The van der Waals surface area contributed by atoms with Crippen LogP contribution >= 0.6 is 0 Å². The molecule has 2 unspecified atom stereocenters. The number of nitrogens with zero attached hydrogens (tertiary/aromatic N) is 1. The Morgan fingerprint density at radius 2 is 1.77 bits per heavy atom. The highest BCUT2D eigenvalue weighted by atomic mass is 16.1. The Bertz CT molecular complexity index is 353. The van der Waals surface area contributed by atoms with Gasteiger partial charge in [0.1, 0.15) is 0 Å². The van der Waals surface area contributed by atoms with Crippen molar-refractivity contribution in [3.8, 4) is 0 Å². The van der Waals surface area contributed by atoms with Gasteiger partial charge in [-0.3, -0.25) is 4.79 Å². The average Bonchev–Trinajstić information content (AvgIpc) is 2.86. The molecule has 0 spiro atoms. The summed E-state index contributed by atoms with van der Waals surface area (Å²) in [4.78, 5) is 14.8. The fraction of sp³-hybridized carbons (Fsp3) is 0.944. The van der Waals surface area contributed by atoms with Gasteiger partial charge in [-0.25, -0.2) is 0 Å². The Balaban J connectivity index is 1.31. The molecule has 2 bridgehead atoms. The van der Waals surface area contributed by atoms with Crippen molar-refractivity contribution in [3.05, 3.63) is 0 Å². The van der Waals surface area contributed by atoms with E-state index in [1.165, 1.54) is 64.6 Å². The smallest absolute Gasteiger partial charge is 0.220 e. The molecule has 0 radical (unpaired) electrons. The van der Waals surface area contributed by atoms with Crippen molar-refractivity contribution in [2.75, 3.05) is 26.2 Å². The largest absolute Gasteiger partial charge is 0.356 e. The number of amides is 1. The van der Waals surface area contributed by atoms with Crippen molar-refractivity contribution in [2.45, 2.75) is 70.4 Å². The van der Waals surface area contributed by atoms with Gasteiger partial charge in [0.25, 0.3) is 0 Å². The van der Waals surface area contributed by atoms with Crippen molar-refractivity contribution < 1.29 is 4.79 Å². The van der Waals surface area contributed by atoms with Crippen LogP contribution in [0, 0.1) is 11.8 Å². The number of hydrogen-bond acceptors (Lipinski definition) is 3. The molecule has 2 atom stereocenters. The molecule has 0 saturated carbocycles. The summed E-state index contributed by atoms with van der Waals surface area (Å²) in [6.07, 6.45) is 9.55. The molecule has 3 fully saturated rings. The summed E-state index contributed by atoms with van der Waals surface area (Å²) in [5, 5.41) is 6.87. The number of carbonyl (C=O) groups is 1. The van der Waals surface area contributed by atoms with E-state index in [4.69, 9.17) is 0 Å². The average molecular weight is 307 g/mol. The number of fused-ring (bicyclic) bond motifs is 2.